The zero-order valence-corrected chi connectivity index (χ0v) is 64.6. The van der Waals surface area contributed by atoms with Gasteiger partial charge in [-0.05, 0) is 101 Å². The summed E-state index contributed by atoms with van der Waals surface area (Å²) in [7, 11) is 0. The van der Waals surface area contributed by atoms with Crippen molar-refractivity contribution in [2.75, 3.05) is 26.2 Å². The number of allylic oxidation sites excluding steroid dienone is 4. The van der Waals surface area contributed by atoms with Gasteiger partial charge in [0.25, 0.3) is 23.6 Å². The Morgan fingerprint density at radius 3 is 0.602 bits per heavy atom. The molecule has 9 nitrogen and oxygen atoms in total. The molecule has 4 N–H and O–H groups in total. The van der Waals surface area contributed by atoms with Crippen LogP contribution >= 0.6 is 0 Å². The molecule has 2 aromatic rings. The number of amides is 4. The van der Waals surface area contributed by atoms with Gasteiger partial charge in [-0.1, -0.05) is 372 Å². The van der Waals surface area contributed by atoms with Crippen LogP contribution in [0.4, 0.5) is 0 Å². The molecule has 9 heteroatoms. The molecule has 0 heterocycles. The van der Waals surface area contributed by atoms with Gasteiger partial charge in [0.15, 0.2) is 5.78 Å². The van der Waals surface area contributed by atoms with E-state index in [1.807, 2.05) is 0 Å². The van der Waals surface area contributed by atoms with Gasteiger partial charge in [-0.15, -0.1) is 0 Å². The molecule has 0 spiro atoms. The van der Waals surface area contributed by atoms with Crippen LogP contribution < -0.4 is 21.3 Å². The molecule has 0 aliphatic carbocycles. The maximum absolute atomic E-state index is 14.6. The Kier molecular flexibility index (Phi) is 62.4. The number of nitrogens with one attached hydrogen (secondary N) is 4. The monoisotopic (exact) mass is 1360 g/mol. The summed E-state index contributed by atoms with van der Waals surface area (Å²) < 4.78 is 0. The van der Waals surface area contributed by atoms with E-state index in [1.54, 1.807) is 24.3 Å². The molecule has 2 aromatic carbocycles. The molecular formula is C89H154N4O5. The molecule has 0 aliphatic rings. The molecule has 0 saturated carbocycles. The van der Waals surface area contributed by atoms with Crippen molar-refractivity contribution in [3.8, 4) is 0 Å². The minimum Gasteiger partial charge on any atom is -0.352 e. The Balaban J connectivity index is 2.11. The summed E-state index contributed by atoms with van der Waals surface area (Å²) >= 11 is 0. The van der Waals surface area contributed by atoms with Crippen LogP contribution in [0.1, 0.15) is 470 Å². The molecule has 0 atom stereocenters. The Labute approximate surface area is 604 Å². The molecule has 2 rings (SSSR count). The molecular weight excluding hydrogens is 1210 g/mol. The molecule has 0 bridgehead atoms. The fraction of sp³-hybridized carbons (Fsp3) is 0.764. The third-order valence-electron chi connectivity index (χ3n) is 20.1. The Bertz CT molecular complexity index is 2130. The van der Waals surface area contributed by atoms with Gasteiger partial charge in [-0.25, -0.2) is 0 Å². The van der Waals surface area contributed by atoms with E-state index in [9.17, 15) is 24.0 Å². The number of rotatable bonds is 72. The minimum absolute atomic E-state index is 0.157. The first-order valence-corrected chi connectivity index (χ1v) is 42.5. The van der Waals surface area contributed by atoms with E-state index < -0.39 is 5.78 Å². The van der Waals surface area contributed by atoms with E-state index in [1.165, 1.54) is 307 Å². The molecule has 0 aliphatic heterocycles. The normalized spacial score (nSPS) is 11.6. The predicted octanol–water partition coefficient (Wildman–Crippen LogP) is 26.4. The van der Waals surface area contributed by atoms with Crippen LogP contribution in [0.25, 0.3) is 0 Å². The molecule has 560 valence electrons. The molecule has 0 radical (unpaired) electrons. The van der Waals surface area contributed by atoms with Crippen LogP contribution in [0.3, 0.4) is 0 Å². The van der Waals surface area contributed by atoms with E-state index in [0.29, 0.717) is 26.2 Å². The van der Waals surface area contributed by atoms with Gasteiger partial charge in [0.05, 0.1) is 22.3 Å². The molecule has 0 saturated heterocycles. The van der Waals surface area contributed by atoms with Gasteiger partial charge in [0, 0.05) is 37.3 Å². The Morgan fingerprint density at radius 1 is 0.224 bits per heavy atom. The number of ketones is 1. The number of hydrogen-bond donors (Lipinski definition) is 4. The zero-order chi connectivity index (χ0) is 70.5. The third kappa shape index (κ3) is 50.7. The maximum Gasteiger partial charge on any atom is 0.252 e. The second kappa shape index (κ2) is 68.3. The Morgan fingerprint density at radius 2 is 0.398 bits per heavy atom. The lowest BCUT2D eigenvalue weighted by Gasteiger charge is -2.14. The van der Waals surface area contributed by atoms with Crippen LogP contribution in [0, 0.1) is 0 Å². The number of benzene rings is 2. The van der Waals surface area contributed by atoms with Crippen molar-refractivity contribution in [2.45, 2.75) is 413 Å². The number of unbranched alkanes of at least 4 members (excludes halogenated alkanes) is 54. The summed E-state index contributed by atoms with van der Waals surface area (Å²) in [6.07, 6.45) is 84.1. The second-order valence-electron chi connectivity index (χ2n) is 29.4. The molecule has 0 aromatic heterocycles. The lowest BCUT2D eigenvalue weighted by molar-refractivity contribution is 0.0917. The summed E-state index contributed by atoms with van der Waals surface area (Å²) in [6, 6.07) is 9.49. The van der Waals surface area contributed by atoms with Gasteiger partial charge in [-0.2, -0.15) is 0 Å². The van der Waals surface area contributed by atoms with E-state index in [2.05, 4.69) is 73.3 Å². The molecule has 98 heavy (non-hydrogen) atoms. The highest BCUT2D eigenvalue weighted by Gasteiger charge is 2.24. The van der Waals surface area contributed by atoms with Gasteiger partial charge in [0.1, 0.15) is 0 Å². The van der Waals surface area contributed by atoms with E-state index in [-0.39, 0.29) is 57.0 Å². The topological polar surface area (TPSA) is 133 Å². The average Bonchev–Trinajstić information content (AvgIpc) is 0.811. The van der Waals surface area contributed by atoms with Gasteiger partial charge < -0.3 is 21.3 Å². The van der Waals surface area contributed by atoms with Crippen molar-refractivity contribution in [3.05, 3.63) is 94.1 Å². The predicted molar refractivity (Wildman–Crippen MR) is 424 cm³/mol. The Hall–Kier alpha value is -4.53. The van der Waals surface area contributed by atoms with E-state index in [4.69, 9.17) is 0 Å². The number of carbonyl (C=O) groups is 5. The van der Waals surface area contributed by atoms with Crippen LogP contribution in [0.5, 0.6) is 0 Å². The van der Waals surface area contributed by atoms with Crippen molar-refractivity contribution >= 4 is 29.4 Å². The van der Waals surface area contributed by atoms with Crippen LogP contribution in [-0.4, -0.2) is 55.6 Å². The largest absolute Gasteiger partial charge is 0.352 e. The highest BCUT2D eigenvalue weighted by atomic mass is 16.2. The third-order valence-corrected chi connectivity index (χ3v) is 20.1. The standard InChI is InChI=1S/C89H154N4O5/c1-5-9-13-17-21-25-29-33-37-41-45-49-53-57-61-65-73-90-86(95)81-71-69-79(77-83(81)88(97)92-75-67-63-59-55-51-47-43-39-35-31-27-23-19-15-11-7-3)85(94)80-70-72-82(87(96)91-74-66-62-58-54-50-46-42-38-34-30-26-22-18-14-10-6-2)84(78-80)89(98)93-76-68-64-60-56-52-48-44-40-36-32-28-24-20-16-12-8-4/h33-34,37-38,69-72,77-78H,5-32,35-36,39-68,73-76H2,1-4H3,(H,90,95)(H,91,96)(H,92,97)(H,93,98)/b37-33-,38-34-. The van der Waals surface area contributed by atoms with Gasteiger partial charge in [-0.3, -0.25) is 24.0 Å². The quantitative estimate of drug-likeness (QED) is 0.0297. The number of carbonyl (C=O) groups excluding carboxylic acids is 5. The summed E-state index contributed by atoms with van der Waals surface area (Å²) in [5, 5.41) is 12.4. The second-order valence-corrected chi connectivity index (χ2v) is 29.4. The first-order valence-electron chi connectivity index (χ1n) is 42.5. The lowest BCUT2D eigenvalue weighted by atomic mass is 9.94. The molecule has 0 unspecified atom stereocenters. The average molecular weight is 1360 g/mol. The zero-order valence-electron chi connectivity index (χ0n) is 64.6. The first kappa shape index (κ1) is 89.6. The highest BCUT2D eigenvalue weighted by Crippen LogP contribution is 2.23. The van der Waals surface area contributed by atoms with Crippen molar-refractivity contribution < 1.29 is 24.0 Å². The van der Waals surface area contributed by atoms with Gasteiger partial charge >= 0.3 is 0 Å². The van der Waals surface area contributed by atoms with E-state index in [0.717, 1.165) is 89.9 Å². The summed E-state index contributed by atoms with van der Waals surface area (Å²) in [5.74, 6) is -1.83. The highest BCUT2D eigenvalue weighted by molar-refractivity contribution is 6.15. The summed E-state index contributed by atoms with van der Waals surface area (Å²) in [5.41, 5.74) is 1.25. The number of hydrogen-bond acceptors (Lipinski definition) is 5. The van der Waals surface area contributed by atoms with Crippen LogP contribution in [0.15, 0.2) is 60.7 Å². The lowest BCUT2D eigenvalue weighted by Crippen LogP contribution is -2.31. The van der Waals surface area contributed by atoms with Crippen molar-refractivity contribution in [1.82, 2.24) is 21.3 Å². The minimum atomic E-state index is -0.393. The van der Waals surface area contributed by atoms with Crippen molar-refractivity contribution in [1.29, 1.82) is 0 Å². The summed E-state index contributed by atoms with van der Waals surface area (Å²) in [4.78, 5) is 70.9. The SMILES string of the molecule is CCCCCCCC/C=C\CCCCCCCCNC(=O)c1ccc(C(=O)c2ccc(C(=O)NCCCCCCCC/C=C\CCCCCCCC)c(C(=O)NCCCCCCCCCCCCCCCCCC)c2)cc1C(=O)NCCCCCCCCCCCCCCCCCC. The molecule has 0 fully saturated rings. The molecule has 4 amide bonds. The maximum atomic E-state index is 14.6. The fourth-order valence-corrected chi connectivity index (χ4v) is 13.6. The van der Waals surface area contributed by atoms with Gasteiger partial charge in [0.2, 0.25) is 0 Å². The van der Waals surface area contributed by atoms with E-state index >= 15 is 0 Å². The van der Waals surface area contributed by atoms with Crippen LogP contribution in [0.2, 0.25) is 0 Å². The summed E-state index contributed by atoms with van der Waals surface area (Å²) in [6.45, 7) is 11.1. The fourth-order valence-electron chi connectivity index (χ4n) is 13.6. The smallest absolute Gasteiger partial charge is 0.252 e. The van der Waals surface area contributed by atoms with Crippen molar-refractivity contribution in [2.24, 2.45) is 0 Å². The first-order chi connectivity index (χ1) is 48.3. The van der Waals surface area contributed by atoms with Crippen LogP contribution in [-0.2, 0) is 0 Å². The van der Waals surface area contributed by atoms with Crippen molar-refractivity contribution in [3.63, 3.8) is 0 Å².